The molecule has 3 nitrogen and oxygen atoms in total. The lowest BCUT2D eigenvalue weighted by Gasteiger charge is -2.05. The second-order valence-corrected chi connectivity index (χ2v) is 7.88. The number of nitriles is 1. The van der Waals surface area contributed by atoms with Gasteiger partial charge < -0.3 is 5.32 Å². The summed E-state index contributed by atoms with van der Waals surface area (Å²) in [4.78, 5) is 14.2. The highest BCUT2D eigenvalue weighted by atomic mass is 32.2. The minimum atomic E-state index is 0.0171. The fourth-order valence-corrected chi connectivity index (χ4v) is 4.26. The molecule has 5 heteroatoms. The van der Waals surface area contributed by atoms with Crippen molar-refractivity contribution in [1.82, 2.24) is 5.32 Å². The van der Waals surface area contributed by atoms with Crippen LogP contribution in [0.1, 0.15) is 44.6 Å². The molecule has 0 radical (unpaired) electrons. The zero-order chi connectivity index (χ0) is 17.4. The van der Waals surface area contributed by atoms with Crippen LogP contribution in [0.25, 0.3) is 0 Å². The highest BCUT2D eigenvalue weighted by molar-refractivity contribution is 7.98. The van der Waals surface area contributed by atoms with Crippen LogP contribution >= 0.6 is 23.1 Å². The molecule has 0 aliphatic carbocycles. The molecule has 1 aromatic heterocycles. The number of amides is 1. The fourth-order valence-electron chi connectivity index (χ4n) is 2.41. The number of rotatable bonds is 8. The van der Waals surface area contributed by atoms with Crippen molar-refractivity contribution in [1.29, 1.82) is 5.26 Å². The lowest BCUT2D eigenvalue weighted by atomic mass is 10.1. The molecule has 1 amide bonds. The number of carbonyl (C=O) groups excluding carboxylic acids is 1. The lowest BCUT2D eigenvalue weighted by Crippen LogP contribution is -2.24. The van der Waals surface area contributed by atoms with Crippen LogP contribution < -0.4 is 5.32 Å². The van der Waals surface area contributed by atoms with Gasteiger partial charge in [-0.25, -0.2) is 0 Å². The van der Waals surface area contributed by atoms with Crippen LogP contribution in [0, 0.1) is 18.3 Å². The van der Waals surface area contributed by atoms with Gasteiger partial charge in [-0.2, -0.15) is 17.0 Å². The largest absolute Gasteiger partial charge is 0.351 e. The third-order valence-corrected chi connectivity index (χ3v) is 5.79. The van der Waals surface area contributed by atoms with E-state index < -0.39 is 0 Å². The second kappa shape index (κ2) is 9.51. The molecule has 1 aromatic carbocycles. The predicted molar refractivity (Wildman–Crippen MR) is 103 cm³/mol. The van der Waals surface area contributed by atoms with Gasteiger partial charge in [0, 0.05) is 22.9 Å². The van der Waals surface area contributed by atoms with Gasteiger partial charge in [-0.3, -0.25) is 4.79 Å². The van der Waals surface area contributed by atoms with Gasteiger partial charge in [-0.15, -0.1) is 11.3 Å². The molecule has 24 heavy (non-hydrogen) atoms. The number of benzene rings is 1. The zero-order valence-electron chi connectivity index (χ0n) is 14.1. The molecule has 0 bridgehead atoms. The van der Waals surface area contributed by atoms with E-state index in [4.69, 9.17) is 5.26 Å². The summed E-state index contributed by atoms with van der Waals surface area (Å²) in [7, 11) is 0. The van der Waals surface area contributed by atoms with Crippen LogP contribution in [-0.4, -0.2) is 18.2 Å². The van der Waals surface area contributed by atoms with Crippen LogP contribution in [0.4, 0.5) is 0 Å². The van der Waals surface area contributed by atoms with E-state index in [9.17, 15) is 4.79 Å². The Morgan fingerprint density at radius 1 is 1.33 bits per heavy atom. The van der Waals surface area contributed by atoms with Gasteiger partial charge in [0.15, 0.2) is 0 Å². The van der Waals surface area contributed by atoms with E-state index in [0.717, 1.165) is 40.4 Å². The maximum absolute atomic E-state index is 12.2. The third-order valence-electron chi connectivity index (χ3n) is 3.69. The number of aryl methyl sites for hydroxylation is 2. The molecule has 0 saturated carbocycles. The molecule has 0 atom stereocenters. The van der Waals surface area contributed by atoms with Crippen LogP contribution in [0.15, 0.2) is 30.3 Å². The summed E-state index contributed by atoms with van der Waals surface area (Å²) >= 11 is 3.30. The summed E-state index contributed by atoms with van der Waals surface area (Å²) in [6.45, 7) is 4.87. The van der Waals surface area contributed by atoms with E-state index in [0.29, 0.717) is 6.54 Å². The molecule has 0 spiro atoms. The standard InChI is InChI=1S/C19H22N2OS2/c1-3-6-15-11-18(24-14(15)2)19(22)21-9-10-23-13-17-8-5-4-7-16(17)12-20/h4-5,7-8,11H,3,6,9-10,13H2,1-2H3,(H,21,22). The molecule has 0 fully saturated rings. The highest BCUT2D eigenvalue weighted by Gasteiger charge is 2.11. The molecule has 0 aliphatic heterocycles. The summed E-state index contributed by atoms with van der Waals surface area (Å²) < 4.78 is 0. The molecule has 0 unspecified atom stereocenters. The van der Waals surface area contributed by atoms with Crippen molar-refractivity contribution in [2.45, 2.75) is 32.4 Å². The number of carbonyl (C=O) groups is 1. The van der Waals surface area contributed by atoms with Gasteiger partial charge in [0.05, 0.1) is 16.5 Å². The van der Waals surface area contributed by atoms with Crippen molar-refractivity contribution in [2.24, 2.45) is 0 Å². The van der Waals surface area contributed by atoms with Crippen molar-refractivity contribution in [3.63, 3.8) is 0 Å². The van der Waals surface area contributed by atoms with E-state index in [-0.39, 0.29) is 5.91 Å². The number of hydrogen-bond donors (Lipinski definition) is 1. The van der Waals surface area contributed by atoms with Crippen molar-refractivity contribution >= 4 is 29.0 Å². The summed E-state index contributed by atoms with van der Waals surface area (Å²) in [5.74, 6) is 1.64. The summed E-state index contributed by atoms with van der Waals surface area (Å²) in [5, 5.41) is 12.0. The maximum atomic E-state index is 12.2. The Morgan fingerprint density at radius 2 is 2.12 bits per heavy atom. The summed E-state index contributed by atoms with van der Waals surface area (Å²) in [6.07, 6.45) is 2.13. The average Bonchev–Trinajstić information content (AvgIpc) is 2.96. The smallest absolute Gasteiger partial charge is 0.261 e. The normalized spacial score (nSPS) is 10.4. The minimum Gasteiger partial charge on any atom is -0.351 e. The lowest BCUT2D eigenvalue weighted by molar-refractivity contribution is 0.0960. The number of nitrogens with zero attached hydrogens (tertiary/aromatic N) is 1. The minimum absolute atomic E-state index is 0.0171. The first-order valence-corrected chi connectivity index (χ1v) is 10.1. The maximum Gasteiger partial charge on any atom is 0.261 e. The van der Waals surface area contributed by atoms with E-state index in [1.165, 1.54) is 10.4 Å². The van der Waals surface area contributed by atoms with Gasteiger partial charge >= 0.3 is 0 Å². The number of nitrogens with one attached hydrogen (secondary N) is 1. The monoisotopic (exact) mass is 358 g/mol. The Hall–Kier alpha value is -1.77. The Morgan fingerprint density at radius 3 is 2.88 bits per heavy atom. The van der Waals surface area contributed by atoms with Gasteiger partial charge in [0.1, 0.15) is 0 Å². The Kier molecular flexibility index (Phi) is 7.36. The van der Waals surface area contributed by atoms with Gasteiger partial charge in [0.25, 0.3) is 5.91 Å². The fraction of sp³-hybridized carbons (Fsp3) is 0.368. The first-order chi connectivity index (χ1) is 11.7. The first-order valence-electron chi connectivity index (χ1n) is 8.09. The van der Waals surface area contributed by atoms with Gasteiger partial charge in [-0.1, -0.05) is 31.5 Å². The van der Waals surface area contributed by atoms with E-state index in [1.54, 1.807) is 23.1 Å². The van der Waals surface area contributed by atoms with Crippen LogP contribution in [0.2, 0.25) is 0 Å². The van der Waals surface area contributed by atoms with E-state index in [2.05, 4.69) is 25.2 Å². The van der Waals surface area contributed by atoms with Crippen LogP contribution in [0.5, 0.6) is 0 Å². The van der Waals surface area contributed by atoms with E-state index >= 15 is 0 Å². The molecule has 0 saturated heterocycles. The van der Waals surface area contributed by atoms with Crippen molar-refractivity contribution in [2.75, 3.05) is 12.3 Å². The second-order valence-electron chi connectivity index (χ2n) is 5.52. The molecule has 1 heterocycles. The SMILES string of the molecule is CCCc1cc(C(=O)NCCSCc2ccccc2C#N)sc1C. The van der Waals surface area contributed by atoms with E-state index in [1.807, 2.05) is 30.3 Å². The zero-order valence-corrected chi connectivity index (χ0v) is 15.7. The van der Waals surface area contributed by atoms with Gasteiger partial charge in [0.2, 0.25) is 0 Å². The van der Waals surface area contributed by atoms with Crippen LogP contribution in [0.3, 0.4) is 0 Å². The van der Waals surface area contributed by atoms with Crippen LogP contribution in [-0.2, 0) is 12.2 Å². The Bertz CT molecular complexity index is 731. The molecule has 2 aromatic rings. The van der Waals surface area contributed by atoms with Gasteiger partial charge in [-0.05, 0) is 36.6 Å². The van der Waals surface area contributed by atoms with Crippen molar-refractivity contribution in [3.05, 3.63) is 56.8 Å². The first kappa shape index (κ1) is 18.6. The topological polar surface area (TPSA) is 52.9 Å². The molecule has 126 valence electrons. The number of thiophene rings is 1. The molecule has 0 aliphatic rings. The quantitative estimate of drug-likeness (QED) is 0.705. The average molecular weight is 359 g/mol. The number of thioether (sulfide) groups is 1. The molecular weight excluding hydrogens is 336 g/mol. The molecule has 2 rings (SSSR count). The highest BCUT2D eigenvalue weighted by Crippen LogP contribution is 2.22. The third kappa shape index (κ3) is 5.12. The predicted octanol–water partition coefficient (Wildman–Crippen LogP) is 4.54. The molecular formula is C19H22N2OS2. The Labute approximate surface area is 152 Å². The van der Waals surface area contributed by atoms with Crippen molar-refractivity contribution in [3.8, 4) is 6.07 Å². The number of hydrogen-bond acceptors (Lipinski definition) is 4. The summed E-state index contributed by atoms with van der Waals surface area (Å²) in [6, 6.07) is 11.9. The Balaban J connectivity index is 1.75. The van der Waals surface area contributed by atoms with Crippen molar-refractivity contribution < 1.29 is 4.79 Å². The summed E-state index contributed by atoms with van der Waals surface area (Å²) in [5.41, 5.74) is 3.07. The molecule has 1 N–H and O–H groups in total.